The zero-order valence-electron chi connectivity index (χ0n) is 16.9. The van der Waals surface area contributed by atoms with Crippen molar-refractivity contribution in [2.75, 3.05) is 20.8 Å². The summed E-state index contributed by atoms with van der Waals surface area (Å²) in [6, 6.07) is 5.27. The summed E-state index contributed by atoms with van der Waals surface area (Å²) in [5.74, 6) is 1.66. The lowest BCUT2D eigenvalue weighted by Gasteiger charge is -2.20. The van der Waals surface area contributed by atoms with E-state index >= 15 is 0 Å². The minimum Gasteiger partial charge on any atom is -0.539 e. The van der Waals surface area contributed by atoms with Crippen molar-refractivity contribution in [2.45, 2.75) is 30.9 Å². The summed E-state index contributed by atoms with van der Waals surface area (Å²) < 4.78 is 45.1. The molecule has 0 saturated carbocycles. The molecule has 0 amide bonds. The first-order valence-electron chi connectivity index (χ1n) is 8.83. The fourth-order valence-electron chi connectivity index (χ4n) is 2.69. The summed E-state index contributed by atoms with van der Waals surface area (Å²) in [5, 5.41) is 11.0. The third kappa shape index (κ3) is 5.98. The maximum Gasteiger partial charge on any atom is 0.242 e. The smallest absolute Gasteiger partial charge is 0.242 e. The Morgan fingerprint density at radius 1 is 1.24 bits per heavy atom. The monoisotopic (exact) mass is 507 g/mol. The lowest BCUT2D eigenvalue weighted by atomic mass is 10.1. The number of aromatic hydroxyl groups is 1. The quantitative estimate of drug-likeness (QED) is 0.247. The number of furan rings is 1. The molecule has 162 valence electrons. The number of methoxy groups -OCH3 is 2. The van der Waals surface area contributed by atoms with E-state index in [0.29, 0.717) is 29.2 Å². The summed E-state index contributed by atoms with van der Waals surface area (Å²) in [5.41, 5.74) is 0.519. The molecule has 29 heavy (non-hydrogen) atoms. The molecular formula is C18H26BrNO7SSi. The molecule has 3 N–H and O–H groups in total. The van der Waals surface area contributed by atoms with E-state index < -0.39 is 19.6 Å². The van der Waals surface area contributed by atoms with Gasteiger partial charge >= 0.3 is 0 Å². The summed E-state index contributed by atoms with van der Waals surface area (Å²) in [7, 11) is 0.955. The molecule has 2 aromatic rings. The molecule has 0 saturated heterocycles. The maximum absolute atomic E-state index is 11.0. The number of alkyl halides is 1. The molecule has 2 rings (SSSR count). The molecule has 1 aromatic heterocycles. The van der Waals surface area contributed by atoms with Crippen LogP contribution >= 0.6 is 15.9 Å². The maximum atomic E-state index is 11.0. The second-order valence-electron chi connectivity index (χ2n) is 7.13. The van der Waals surface area contributed by atoms with E-state index in [0.717, 1.165) is 0 Å². The second-order valence-corrected chi connectivity index (χ2v) is 13.4. The molecule has 8 nitrogen and oxygen atoms in total. The molecule has 0 radical (unpaired) electrons. The molecule has 0 aliphatic carbocycles. The lowest BCUT2D eigenvalue weighted by Crippen LogP contribution is -2.29. The van der Waals surface area contributed by atoms with Crippen molar-refractivity contribution in [2.24, 2.45) is 0 Å². The van der Waals surface area contributed by atoms with Crippen LogP contribution in [0, 0.1) is 0 Å². The number of halogens is 1. The molecule has 11 heteroatoms. The molecule has 2 unspecified atom stereocenters. The molecule has 2 atom stereocenters. The van der Waals surface area contributed by atoms with Crippen LogP contribution in [0.2, 0.25) is 19.6 Å². The molecule has 0 bridgehead atoms. The van der Waals surface area contributed by atoms with Gasteiger partial charge in [0.2, 0.25) is 25.3 Å². The Balaban J connectivity index is 2.54. The van der Waals surface area contributed by atoms with Gasteiger partial charge in [-0.15, -0.1) is 0 Å². The second kappa shape index (κ2) is 9.98. The van der Waals surface area contributed by atoms with Crippen molar-refractivity contribution in [3.05, 3.63) is 24.0 Å². The highest BCUT2D eigenvalue weighted by atomic mass is 79.9. The van der Waals surface area contributed by atoms with Crippen molar-refractivity contribution >= 4 is 35.5 Å². The van der Waals surface area contributed by atoms with E-state index in [1.807, 2.05) is 19.6 Å². The minimum atomic E-state index is -2.10. The predicted molar refractivity (Wildman–Crippen MR) is 118 cm³/mol. The number of ether oxygens (including phenoxy) is 2. The molecule has 1 aromatic carbocycles. The average molecular weight is 508 g/mol. The van der Waals surface area contributed by atoms with E-state index in [-0.39, 0.29) is 28.6 Å². The van der Waals surface area contributed by atoms with Gasteiger partial charge in [0.15, 0.2) is 28.8 Å². The van der Waals surface area contributed by atoms with E-state index in [2.05, 4.69) is 20.7 Å². The fourth-order valence-corrected chi connectivity index (χ4v) is 4.32. The fraction of sp³-hybridized carbons (Fsp3) is 0.444. The zero-order valence-corrected chi connectivity index (χ0v) is 20.3. The van der Waals surface area contributed by atoms with Crippen LogP contribution in [0.1, 0.15) is 17.0 Å². The van der Waals surface area contributed by atoms with E-state index in [9.17, 15) is 9.32 Å². The van der Waals surface area contributed by atoms with Gasteiger partial charge in [-0.3, -0.25) is 4.55 Å². The van der Waals surface area contributed by atoms with Crippen molar-refractivity contribution in [1.82, 2.24) is 4.72 Å². The SMILES string of the molecule is COc1cccc(-c2oc(C(Br)CCNS(=O)O)c(O[Si](C)(C)C)c2O)c1OC. The van der Waals surface area contributed by atoms with Crippen LogP contribution in [0.5, 0.6) is 23.0 Å². The Hall–Kier alpha value is -1.53. The summed E-state index contributed by atoms with van der Waals surface area (Å²) in [6.45, 7) is 6.24. The summed E-state index contributed by atoms with van der Waals surface area (Å²) in [4.78, 5) is -0.360. The van der Waals surface area contributed by atoms with Crippen LogP contribution in [0.25, 0.3) is 11.3 Å². The molecule has 1 heterocycles. The third-order valence-corrected chi connectivity index (χ3v) is 5.97. The number of para-hydroxylation sites is 1. The van der Waals surface area contributed by atoms with E-state index in [1.165, 1.54) is 14.2 Å². The van der Waals surface area contributed by atoms with Gasteiger partial charge in [-0.2, -0.15) is 0 Å². The van der Waals surface area contributed by atoms with Gasteiger partial charge in [0, 0.05) is 6.54 Å². The third-order valence-electron chi connectivity index (χ3n) is 3.83. The van der Waals surface area contributed by atoms with Gasteiger partial charge < -0.3 is 23.4 Å². The van der Waals surface area contributed by atoms with Gasteiger partial charge in [-0.05, 0) is 38.2 Å². The lowest BCUT2D eigenvalue weighted by molar-refractivity contribution is 0.354. The van der Waals surface area contributed by atoms with Crippen molar-refractivity contribution in [1.29, 1.82) is 0 Å². The number of benzene rings is 1. The Morgan fingerprint density at radius 2 is 1.93 bits per heavy atom. The molecular weight excluding hydrogens is 482 g/mol. The summed E-state index contributed by atoms with van der Waals surface area (Å²) >= 11 is 1.43. The predicted octanol–water partition coefficient (Wildman–Crippen LogP) is 4.44. The Morgan fingerprint density at radius 3 is 2.48 bits per heavy atom. The van der Waals surface area contributed by atoms with Crippen LogP contribution in [-0.4, -0.2) is 42.9 Å². The number of hydrogen-bond donors (Lipinski definition) is 3. The number of rotatable bonds is 10. The van der Waals surface area contributed by atoms with E-state index in [1.54, 1.807) is 18.2 Å². The van der Waals surface area contributed by atoms with Gasteiger partial charge in [0.25, 0.3) is 0 Å². The van der Waals surface area contributed by atoms with Crippen LogP contribution in [0.4, 0.5) is 0 Å². The molecule has 0 aliphatic heterocycles. The first-order valence-corrected chi connectivity index (χ1v) is 14.3. The molecule has 0 fully saturated rings. The zero-order chi connectivity index (χ0) is 21.8. The van der Waals surface area contributed by atoms with Crippen molar-refractivity contribution in [3.63, 3.8) is 0 Å². The highest BCUT2D eigenvalue weighted by Gasteiger charge is 2.32. The average Bonchev–Trinajstić information content (AvgIpc) is 2.95. The van der Waals surface area contributed by atoms with Gasteiger partial charge in [-0.25, -0.2) is 8.93 Å². The first kappa shape index (κ1) is 23.7. The van der Waals surface area contributed by atoms with E-state index in [4.69, 9.17) is 22.9 Å². The van der Waals surface area contributed by atoms with Gasteiger partial charge in [-0.1, -0.05) is 22.0 Å². The number of hydrogen-bond acceptors (Lipinski definition) is 6. The van der Waals surface area contributed by atoms with Crippen molar-refractivity contribution in [3.8, 4) is 34.3 Å². The highest BCUT2D eigenvalue weighted by Crippen LogP contribution is 2.51. The normalized spacial score (nSPS) is 13.8. The topological polar surface area (TPSA) is 110 Å². The van der Waals surface area contributed by atoms with Gasteiger partial charge in [0.05, 0.1) is 24.6 Å². The minimum absolute atomic E-state index is 0.128. The summed E-state index contributed by atoms with van der Waals surface area (Å²) in [6.07, 6.45) is 0.427. The number of nitrogens with one attached hydrogen (secondary N) is 1. The van der Waals surface area contributed by atoms with Gasteiger partial charge in [0.1, 0.15) is 0 Å². The molecule has 0 spiro atoms. The van der Waals surface area contributed by atoms with Crippen LogP contribution in [0.3, 0.4) is 0 Å². The highest BCUT2D eigenvalue weighted by molar-refractivity contribution is 9.09. The Kier molecular flexibility index (Phi) is 8.17. The molecule has 0 aliphatic rings. The Bertz CT molecular complexity index is 869. The van der Waals surface area contributed by atoms with Crippen LogP contribution in [-0.2, 0) is 11.3 Å². The first-order chi connectivity index (χ1) is 13.6. The van der Waals surface area contributed by atoms with Crippen LogP contribution in [0.15, 0.2) is 22.6 Å². The van der Waals surface area contributed by atoms with Crippen LogP contribution < -0.4 is 18.6 Å². The largest absolute Gasteiger partial charge is 0.539 e. The van der Waals surface area contributed by atoms with Crippen molar-refractivity contribution < 1.29 is 32.2 Å². The standard InChI is InChI=1S/C18H26BrNO7SSi/c1-24-13-8-6-7-11(15(13)25-2)16-14(21)18(27-29(3,4)5)17(26-16)12(19)9-10-20-28(22)23/h6-8,12,20-21H,9-10H2,1-5H3,(H,22,23). The Labute approximate surface area is 182 Å².